The maximum atomic E-state index is 11.9. The lowest BCUT2D eigenvalue weighted by atomic mass is 10.0. The number of amides is 1. The average Bonchev–Trinajstić information content (AvgIpc) is 2.86. The Morgan fingerprint density at radius 2 is 2.41 bits per heavy atom. The van der Waals surface area contributed by atoms with E-state index in [-0.39, 0.29) is 23.9 Å². The van der Waals surface area contributed by atoms with Crippen LogP contribution in [-0.2, 0) is 9.53 Å². The molecule has 1 aliphatic heterocycles. The van der Waals surface area contributed by atoms with Crippen molar-refractivity contribution in [3.63, 3.8) is 0 Å². The summed E-state index contributed by atoms with van der Waals surface area (Å²) in [5.74, 6) is 0.831. The lowest BCUT2D eigenvalue weighted by Crippen LogP contribution is -2.41. The third-order valence-electron chi connectivity index (χ3n) is 2.83. The first kappa shape index (κ1) is 12.1. The molecule has 2 rings (SSSR count). The third kappa shape index (κ3) is 2.65. The van der Waals surface area contributed by atoms with Crippen LogP contribution in [0.25, 0.3) is 0 Å². The quantitative estimate of drug-likeness (QED) is 0.782. The highest BCUT2D eigenvalue weighted by Gasteiger charge is 2.32. The molecule has 3 N–H and O–H groups in total. The van der Waals surface area contributed by atoms with Gasteiger partial charge in [-0.2, -0.15) is 0 Å². The minimum Gasteiger partial charge on any atom is -0.444 e. The molecule has 1 fully saturated rings. The fraction of sp³-hybridized carbons (Fsp3) is 0.636. The van der Waals surface area contributed by atoms with Crippen LogP contribution in [0.2, 0.25) is 0 Å². The molecule has 1 saturated heterocycles. The van der Waals surface area contributed by atoms with E-state index in [0.717, 1.165) is 5.76 Å². The number of nitrogens with two attached hydrogens (primary N) is 1. The van der Waals surface area contributed by atoms with Crippen molar-refractivity contribution in [3.8, 4) is 0 Å². The van der Waals surface area contributed by atoms with Crippen molar-refractivity contribution in [1.82, 2.24) is 10.3 Å². The van der Waals surface area contributed by atoms with Gasteiger partial charge < -0.3 is 20.2 Å². The van der Waals surface area contributed by atoms with Gasteiger partial charge in [0.1, 0.15) is 11.8 Å². The summed E-state index contributed by atoms with van der Waals surface area (Å²) < 4.78 is 10.5. The van der Waals surface area contributed by atoms with Crippen LogP contribution in [0.3, 0.4) is 0 Å². The minimum absolute atomic E-state index is 0.113. The number of ether oxygens (including phenoxy) is 1. The van der Waals surface area contributed by atoms with Crippen molar-refractivity contribution in [1.29, 1.82) is 0 Å². The van der Waals surface area contributed by atoms with Crippen LogP contribution in [0, 0.1) is 12.8 Å². The Morgan fingerprint density at radius 1 is 1.65 bits per heavy atom. The van der Waals surface area contributed by atoms with Gasteiger partial charge in [0.15, 0.2) is 0 Å². The summed E-state index contributed by atoms with van der Waals surface area (Å²) in [5, 5.41) is 2.83. The maximum absolute atomic E-state index is 11.9. The molecule has 17 heavy (non-hydrogen) atoms. The minimum atomic E-state index is -0.284. The standard InChI is InChI=1S/C11H17N3O3/c1-6-3-13-11(17-6)7(2)14-10(15)8-4-16-5-9(8)12/h3,7-9H,4-5,12H2,1-2H3,(H,14,15). The zero-order valence-electron chi connectivity index (χ0n) is 9.97. The number of aromatic nitrogens is 1. The molecule has 3 atom stereocenters. The van der Waals surface area contributed by atoms with Gasteiger partial charge >= 0.3 is 0 Å². The largest absolute Gasteiger partial charge is 0.444 e. The monoisotopic (exact) mass is 239 g/mol. The predicted molar refractivity (Wildman–Crippen MR) is 60.1 cm³/mol. The fourth-order valence-electron chi connectivity index (χ4n) is 1.80. The number of aryl methyl sites for hydroxylation is 1. The molecular weight excluding hydrogens is 222 g/mol. The molecule has 0 spiro atoms. The van der Waals surface area contributed by atoms with E-state index in [1.165, 1.54) is 0 Å². The zero-order chi connectivity index (χ0) is 12.4. The van der Waals surface area contributed by atoms with Crippen molar-refractivity contribution in [3.05, 3.63) is 17.8 Å². The molecule has 94 valence electrons. The molecular formula is C11H17N3O3. The smallest absolute Gasteiger partial charge is 0.227 e. The predicted octanol–water partition coefficient (Wildman–Crippen LogP) is 0.134. The van der Waals surface area contributed by atoms with Crippen molar-refractivity contribution in [2.24, 2.45) is 11.7 Å². The zero-order valence-corrected chi connectivity index (χ0v) is 9.97. The summed E-state index contributed by atoms with van der Waals surface area (Å²) in [6.07, 6.45) is 1.63. The molecule has 1 amide bonds. The number of nitrogens with zero attached hydrogens (tertiary/aromatic N) is 1. The molecule has 1 aromatic rings. The van der Waals surface area contributed by atoms with Gasteiger partial charge in [-0.3, -0.25) is 4.79 Å². The van der Waals surface area contributed by atoms with Crippen molar-refractivity contribution >= 4 is 5.91 Å². The van der Waals surface area contributed by atoms with Gasteiger partial charge in [0.25, 0.3) is 0 Å². The van der Waals surface area contributed by atoms with Crippen molar-refractivity contribution in [2.45, 2.75) is 25.9 Å². The number of carbonyl (C=O) groups excluding carboxylic acids is 1. The molecule has 2 heterocycles. The molecule has 3 unspecified atom stereocenters. The molecule has 0 bridgehead atoms. The summed E-state index contributed by atoms with van der Waals surface area (Å²) in [6, 6.07) is -0.488. The van der Waals surface area contributed by atoms with E-state index in [9.17, 15) is 4.79 Å². The topological polar surface area (TPSA) is 90.4 Å². The molecule has 1 aliphatic rings. The van der Waals surface area contributed by atoms with Gasteiger partial charge in [-0.15, -0.1) is 0 Å². The van der Waals surface area contributed by atoms with Gasteiger partial charge in [-0.1, -0.05) is 0 Å². The lowest BCUT2D eigenvalue weighted by molar-refractivity contribution is -0.126. The number of rotatable bonds is 3. The number of oxazole rings is 1. The molecule has 0 aromatic carbocycles. The average molecular weight is 239 g/mol. The number of nitrogens with one attached hydrogen (secondary N) is 1. The molecule has 0 saturated carbocycles. The van der Waals surface area contributed by atoms with Gasteiger partial charge in [0.2, 0.25) is 11.8 Å². The maximum Gasteiger partial charge on any atom is 0.227 e. The Hall–Kier alpha value is -1.40. The van der Waals surface area contributed by atoms with Gasteiger partial charge in [-0.25, -0.2) is 4.98 Å². The Bertz CT molecular complexity index is 404. The Balaban J connectivity index is 1.94. The third-order valence-corrected chi connectivity index (χ3v) is 2.83. The van der Waals surface area contributed by atoms with E-state index < -0.39 is 0 Å². The SMILES string of the molecule is Cc1cnc(C(C)NC(=O)C2COCC2N)o1. The van der Waals surface area contributed by atoms with E-state index in [1.807, 2.05) is 13.8 Å². The number of hydrogen-bond acceptors (Lipinski definition) is 5. The number of carbonyl (C=O) groups is 1. The molecule has 0 radical (unpaired) electrons. The summed E-state index contributed by atoms with van der Waals surface area (Å²) in [4.78, 5) is 16.0. The van der Waals surface area contributed by atoms with Gasteiger partial charge in [0, 0.05) is 6.04 Å². The van der Waals surface area contributed by atoms with Gasteiger partial charge in [0.05, 0.1) is 25.3 Å². The molecule has 6 heteroatoms. The second-order valence-corrected chi connectivity index (χ2v) is 4.35. The first-order valence-electron chi connectivity index (χ1n) is 5.64. The first-order chi connectivity index (χ1) is 8.08. The van der Waals surface area contributed by atoms with Crippen molar-refractivity contribution < 1.29 is 13.9 Å². The Kier molecular flexibility index (Phi) is 3.44. The molecule has 0 aliphatic carbocycles. The van der Waals surface area contributed by atoms with E-state index in [1.54, 1.807) is 6.20 Å². The number of hydrogen-bond donors (Lipinski definition) is 2. The van der Waals surface area contributed by atoms with Crippen LogP contribution in [0.4, 0.5) is 0 Å². The Labute approximate surface area is 99.5 Å². The second-order valence-electron chi connectivity index (χ2n) is 4.35. The highest BCUT2D eigenvalue weighted by atomic mass is 16.5. The van der Waals surface area contributed by atoms with E-state index >= 15 is 0 Å². The van der Waals surface area contributed by atoms with Crippen LogP contribution >= 0.6 is 0 Å². The first-order valence-corrected chi connectivity index (χ1v) is 5.64. The summed E-state index contributed by atoms with van der Waals surface area (Å²) in [7, 11) is 0. The van der Waals surface area contributed by atoms with Crippen LogP contribution in [-0.4, -0.2) is 30.1 Å². The van der Waals surface area contributed by atoms with Crippen LogP contribution < -0.4 is 11.1 Å². The summed E-state index contributed by atoms with van der Waals surface area (Å²) in [5.41, 5.74) is 5.77. The highest BCUT2D eigenvalue weighted by molar-refractivity contribution is 5.80. The highest BCUT2D eigenvalue weighted by Crippen LogP contribution is 2.16. The summed E-state index contributed by atoms with van der Waals surface area (Å²) >= 11 is 0. The van der Waals surface area contributed by atoms with E-state index in [4.69, 9.17) is 14.9 Å². The van der Waals surface area contributed by atoms with Crippen molar-refractivity contribution in [2.75, 3.05) is 13.2 Å². The summed E-state index contributed by atoms with van der Waals surface area (Å²) in [6.45, 7) is 4.45. The fourth-order valence-corrected chi connectivity index (χ4v) is 1.80. The normalized spacial score (nSPS) is 25.8. The second kappa shape index (κ2) is 4.85. The van der Waals surface area contributed by atoms with Crippen LogP contribution in [0.5, 0.6) is 0 Å². The van der Waals surface area contributed by atoms with Crippen LogP contribution in [0.1, 0.15) is 24.6 Å². The Morgan fingerprint density at radius 3 is 2.94 bits per heavy atom. The molecule has 6 nitrogen and oxygen atoms in total. The lowest BCUT2D eigenvalue weighted by Gasteiger charge is -2.16. The van der Waals surface area contributed by atoms with Crippen LogP contribution in [0.15, 0.2) is 10.6 Å². The van der Waals surface area contributed by atoms with E-state index in [2.05, 4.69) is 10.3 Å². The van der Waals surface area contributed by atoms with Gasteiger partial charge in [-0.05, 0) is 13.8 Å². The van der Waals surface area contributed by atoms with E-state index in [0.29, 0.717) is 19.1 Å². The molecule has 1 aromatic heterocycles.